The second-order valence-electron chi connectivity index (χ2n) is 8.91. The van der Waals surface area contributed by atoms with Crippen molar-refractivity contribution in [3.63, 3.8) is 0 Å². The summed E-state index contributed by atoms with van der Waals surface area (Å²) in [6, 6.07) is 13.1. The fourth-order valence-electron chi connectivity index (χ4n) is 4.77. The van der Waals surface area contributed by atoms with Crippen molar-refractivity contribution < 1.29 is 22.4 Å². The number of anilines is 1. The highest BCUT2D eigenvalue weighted by Crippen LogP contribution is 2.50. The number of hydrogen-bond donors (Lipinski definition) is 1. The standard InChI is InChI=1S/C27H20F4N6OS/c1-2-36-26-23(24(35-36)20-5-3-4-10-32-20)25(39-14-22(38)34-26)18-11-15-13-33-37(17-8-6-16(28)7-9-17)21(15)12-19(18)27(29,30)31/h3-13,25H,2,14H2,1H3,(H,34,38). The Bertz CT molecular complexity index is 1700. The van der Waals surface area contributed by atoms with Crippen LogP contribution in [0.1, 0.15) is 28.9 Å². The first-order valence-electron chi connectivity index (χ1n) is 12.0. The predicted molar refractivity (Wildman–Crippen MR) is 140 cm³/mol. The maximum absolute atomic E-state index is 14.7. The summed E-state index contributed by atoms with van der Waals surface area (Å²) in [5, 5.41) is 11.4. The van der Waals surface area contributed by atoms with Crippen molar-refractivity contribution >= 4 is 34.4 Å². The lowest BCUT2D eigenvalue weighted by atomic mass is 9.95. The Morgan fingerprint density at radius 3 is 2.62 bits per heavy atom. The molecule has 3 aromatic heterocycles. The van der Waals surface area contributed by atoms with Gasteiger partial charge < -0.3 is 5.32 Å². The first-order valence-corrected chi connectivity index (χ1v) is 13.1. The van der Waals surface area contributed by atoms with Crippen molar-refractivity contribution in [2.75, 3.05) is 11.1 Å². The van der Waals surface area contributed by atoms with Gasteiger partial charge >= 0.3 is 6.18 Å². The van der Waals surface area contributed by atoms with E-state index in [1.54, 1.807) is 29.1 Å². The number of nitrogens with one attached hydrogen (secondary N) is 1. The van der Waals surface area contributed by atoms with Crippen LogP contribution in [-0.4, -0.2) is 36.2 Å². The molecule has 0 fully saturated rings. The monoisotopic (exact) mass is 552 g/mol. The van der Waals surface area contributed by atoms with Crippen molar-refractivity contribution in [3.8, 4) is 17.1 Å². The Hall–Kier alpha value is -4.19. The van der Waals surface area contributed by atoms with Gasteiger partial charge in [-0.05, 0) is 61.0 Å². The number of amides is 1. The van der Waals surface area contributed by atoms with E-state index in [0.717, 1.165) is 17.8 Å². The number of nitrogens with zero attached hydrogens (tertiary/aromatic N) is 5. The van der Waals surface area contributed by atoms with Crippen LogP contribution in [0, 0.1) is 5.82 Å². The van der Waals surface area contributed by atoms with Crippen LogP contribution in [0.3, 0.4) is 0 Å². The molecule has 1 aliphatic heterocycles. The molecule has 0 saturated carbocycles. The molecule has 1 unspecified atom stereocenters. The van der Waals surface area contributed by atoms with Crippen LogP contribution in [0.2, 0.25) is 0 Å². The van der Waals surface area contributed by atoms with Gasteiger partial charge in [0, 0.05) is 23.7 Å². The molecule has 1 amide bonds. The number of hydrogen-bond acceptors (Lipinski definition) is 5. The van der Waals surface area contributed by atoms with Gasteiger partial charge in [0.2, 0.25) is 5.91 Å². The van der Waals surface area contributed by atoms with Crippen LogP contribution in [0.4, 0.5) is 23.4 Å². The highest BCUT2D eigenvalue weighted by atomic mass is 32.2. The largest absolute Gasteiger partial charge is 0.416 e. The normalized spacial score (nSPS) is 15.7. The molecule has 2 aromatic carbocycles. The summed E-state index contributed by atoms with van der Waals surface area (Å²) in [4.78, 5) is 17.1. The van der Waals surface area contributed by atoms with E-state index in [4.69, 9.17) is 0 Å². The number of aromatic nitrogens is 5. The number of halogens is 4. The fraction of sp³-hybridized carbons (Fsp3) is 0.185. The lowest BCUT2D eigenvalue weighted by Gasteiger charge is -2.21. The first-order chi connectivity index (χ1) is 18.7. The number of carbonyl (C=O) groups excluding carboxylic acids is 1. The van der Waals surface area contributed by atoms with Gasteiger partial charge in [-0.15, -0.1) is 11.8 Å². The Kier molecular flexibility index (Phi) is 6.13. The molecule has 1 N–H and O–H groups in total. The van der Waals surface area contributed by atoms with Gasteiger partial charge in [0.25, 0.3) is 0 Å². The third-order valence-electron chi connectivity index (χ3n) is 6.50. The van der Waals surface area contributed by atoms with Crippen LogP contribution in [-0.2, 0) is 17.5 Å². The molecule has 0 radical (unpaired) electrons. The summed E-state index contributed by atoms with van der Waals surface area (Å²) in [5.74, 6) is -0.484. The zero-order valence-electron chi connectivity index (χ0n) is 20.4. The molecular weight excluding hydrogens is 532 g/mol. The van der Waals surface area contributed by atoms with Gasteiger partial charge in [0.15, 0.2) is 0 Å². The third-order valence-corrected chi connectivity index (χ3v) is 7.75. The van der Waals surface area contributed by atoms with Gasteiger partial charge in [-0.2, -0.15) is 23.4 Å². The minimum absolute atomic E-state index is 0.00996. The molecule has 1 aliphatic rings. The lowest BCUT2D eigenvalue weighted by molar-refractivity contribution is -0.138. The van der Waals surface area contributed by atoms with Crippen LogP contribution in [0.25, 0.3) is 28.0 Å². The van der Waals surface area contributed by atoms with Gasteiger partial charge in [0.1, 0.15) is 17.3 Å². The number of carbonyl (C=O) groups is 1. The van der Waals surface area contributed by atoms with Crippen LogP contribution >= 0.6 is 11.8 Å². The second kappa shape index (κ2) is 9.53. The number of fused-ring (bicyclic) bond motifs is 2. The molecule has 1 atom stereocenters. The quantitative estimate of drug-likeness (QED) is 0.267. The van der Waals surface area contributed by atoms with E-state index in [1.807, 2.05) is 6.92 Å². The number of thioether (sulfide) groups is 1. The smallest absolute Gasteiger partial charge is 0.310 e. The van der Waals surface area contributed by atoms with Crippen molar-refractivity contribution in [2.24, 2.45) is 0 Å². The van der Waals surface area contributed by atoms with Gasteiger partial charge in [-0.3, -0.25) is 9.78 Å². The third kappa shape index (κ3) is 4.44. The second-order valence-corrected chi connectivity index (χ2v) is 10.0. The maximum atomic E-state index is 14.7. The lowest BCUT2D eigenvalue weighted by Crippen LogP contribution is -2.16. The van der Waals surface area contributed by atoms with Crippen molar-refractivity contribution in [3.05, 3.63) is 89.5 Å². The Labute approximate surface area is 223 Å². The van der Waals surface area contributed by atoms with Crippen molar-refractivity contribution in [1.29, 1.82) is 0 Å². The fourth-order valence-corrected chi connectivity index (χ4v) is 5.93. The summed E-state index contributed by atoms with van der Waals surface area (Å²) < 4.78 is 60.4. The first kappa shape index (κ1) is 25.1. The number of benzene rings is 2. The van der Waals surface area contributed by atoms with E-state index in [9.17, 15) is 22.4 Å². The summed E-state index contributed by atoms with van der Waals surface area (Å²) in [7, 11) is 0. The molecule has 0 aliphatic carbocycles. The highest BCUT2D eigenvalue weighted by molar-refractivity contribution is 8.00. The Balaban J connectivity index is 1.60. The molecule has 6 rings (SSSR count). The molecule has 7 nitrogen and oxygen atoms in total. The van der Waals surface area contributed by atoms with E-state index in [1.165, 1.54) is 41.2 Å². The molecule has 0 saturated heterocycles. The predicted octanol–water partition coefficient (Wildman–Crippen LogP) is 6.24. The van der Waals surface area contributed by atoms with E-state index in [0.29, 0.717) is 40.4 Å². The number of rotatable bonds is 4. The van der Waals surface area contributed by atoms with E-state index in [-0.39, 0.29) is 22.7 Å². The van der Waals surface area contributed by atoms with Crippen molar-refractivity contribution in [1.82, 2.24) is 24.5 Å². The minimum atomic E-state index is -4.71. The average molecular weight is 553 g/mol. The zero-order valence-corrected chi connectivity index (χ0v) is 21.2. The number of alkyl halides is 3. The van der Waals surface area contributed by atoms with E-state index >= 15 is 0 Å². The zero-order chi connectivity index (χ0) is 27.3. The molecule has 12 heteroatoms. The molecule has 4 heterocycles. The van der Waals surface area contributed by atoms with E-state index in [2.05, 4.69) is 20.5 Å². The molecule has 0 spiro atoms. The topological polar surface area (TPSA) is 77.6 Å². The highest BCUT2D eigenvalue weighted by Gasteiger charge is 2.40. The SMILES string of the molecule is CCn1nc(-c2ccccn2)c2c1NC(=O)CSC2c1cc2cnn(-c3ccc(F)cc3)c2cc1C(F)(F)F. The van der Waals surface area contributed by atoms with E-state index < -0.39 is 22.8 Å². The van der Waals surface area contributed by atoms with Gasteiger partial charge in [-0.25, -0.2) is 13.8 Å². The molecular formula is C27H20F4N6OS. The van der Waals surface area contributed by atoms with Crippen LogP contribution in [0.5, 0.6) is 0 Å². The Morgan fingerprint density at radius 1 is 1.13 bits per heavy atom. The van der Waals surface area contributed by atoms with Gasteiger partial charge in [-0.1, -0.05) is 6.07 Å². The molecule has 5 aromatic rings. The molecule has 0 bridgehead atoms. The maximum Gasteiger partial charge on any atom is 0.416 e. The minimum Gasteiger partial charge on any atom is -0.310 e. The summed E-state index contributed by atoms with van der Waals surface area (Å²) >= 11 is 1.10. The molecule has 198 valence electrons. The summed E-state index contributed by atoms with van der Waals surface area (Å²) in [5.41, 5.74) is 1.14. The number of pyridine rings is 1. The molecule has 39 heavy (non-hydrogen) atoms. The Morgan fingerprint density at radius 2 is 1.92 bits per heavy atom. The van der Waals surface area contributed by atoms with Crippen LogP contribution in [0.15, 0.2) is 67.0 Å². The van der Waals surface area contributed by atoms with Crippen molar-refractivity contribution in [2.45, 2.75) is 24.9 Å². The summed E-state index contributed by atoms with van der Waals surface area (Å²) in [6.07, 6.45) is -1.65. The number of aryl methyl sites for hydroxylation is 1. The van der Waals surface area contributed by atoms with Gasteiger partial charge in [0.05, 0.1) is 39.7 Å². The average Bonchev–Trinajstić information content (AvgIpc) is 3.45. The summed E-state index contributed by atoms with van der Waals surface area (Å²) in [6.45, 7) is 2.23. The van der Waals surface area contributed by atoms with Crippen LogP contribution < -0.4 is 5.32 Å².